The summed E-state index contributed by atoms with van der Waals surface area (Å²) < 4.78 is 29.3. The summed E-state index contributed by atoms with van der Waals surface area (Å²) in [7, 11) is 2.02. The zero-order valence-electron chi connectivity index (χ0n) is 28.1. The van der Waals surface area contributed by atoms with Crippen LogP contribution in [0.2, 0.25) is 0 Å². The van der Waals surface area contributed by atoms with Gasteiger partial charge in [0, 0.05) is 0 Å². The Kier molecular flexibility index (Phi) is 12.4. The van der Waals surface area contributed by atoms with E-state index in [4.69, 9.17) is 13.8 Å². The molecule has 7 nitrogen and oxygen atoms in total. The van der Waals surface area contributed by atoms with Crippen molar-refractivity contribution in [1.29, 1.82) is 0 Å². The molecular formula is C34H64NO6P. The lowest BCUT2D eigenvalue weighted by molar-refractivity contribution is -0.870. The molecule has 0 saturated heterocycles. The molecule has 3 saturated carbocycles. The van der Waals surface area contributed by atoms with E-state index < -0.39 is 7.82 Å². The van der Waals surface area contributed by atoms with Gasteiger partial charge in [0.1, 0.15) is 13.2 Å². The molecule has 8 heteroatoms. The van der Waals surface area contributed by atoms with Crippen molar-refractivity contribution in [3.63, 3.8) is 0 Å². The van der Waals surface area contributed by atoms with Gasteiger partial charge in [-0.3, -0.25) is 9.05 Å². The van der Waals surface area contributed by atoms with Gasteiger partial charge in [-0.1, -0.05) is 65.5 Å². The summed E-state index contributed by atoms with van der Waals surface area (Å²) in [6, 6.07) is 0. The van der Waals surface area contributed by atoms with Crippen molar-refractivity contribution in [2.45, 2.75) is 111 Å². The molecular weight excluding hydrogens is 549 g/mol. The lowest BCUT2D eigenvalue weighted by Gasteiger charge is -2.58. The number of ether oxygens (including phenoxy) is 1. The van der Waals surface area contributed by atoms with Crippen LogP contribution in [-0.2, 0) is 18.3 Å². The summed E-state index contributed by atoms with van der Waals surface area (Å²) in [5.41, 5.74) is 2.46. The number of rotatable bonds is 14. The number of phosphoric ester groups is 1. The molecule has 0 aromatic heterocycles. The summed E-state index contributed by atoms with van der Waals surface area (Å²) in [4.78, 5) is 9.97. The second-order valence-corrected chi connectivity index (χ2v) is 17.6. The minimum atomic E-state index is -4.04. The Morgan fingerprint density at radius 1 is 0.976 bits per heavy atom. The highest BCUT2D eigenvalue weighted by atomic mass is 31.2. The minimum absolute atomic E-state index is 0. The fourth-order valence-corrected chi connectivity index (χ4v) is 10.3. The Balaban J connectivity index is 0.00000484. The summed E-state index contributed by atoms with van der Waals surface area (Å²) in [5.74, 6) is 5.13. The fourth-order valence-electron chi connectivity index (χ4n) is 9.63. The highest BCUT2D eigenvalue weighted by Crippen LogP contribution is 2.67. The zero-order chi connectivity index (χ0) is 30.1. The van der Waals surface area contributed by atoms with E-state index in [1.54, 1.807) is 5.57 Å². The normalized spacial score (nSPS) is 36.7. The third-order valence-corrected chi connectivity index (χ3v) is 13.0. The molecule has 0 aromatic carbocycles. The van der Waals surface area contributed by atoms with E-state index in [0.29, 0.717) is 28.5 Å². The Morgan fingerprint density at radius 3 is 2.38 bits per heavy atom. The third-order valence-electron chi connectivity index (χ3n) is 12.0. The molecule has 4 rings (SSSR count). The third kappa shape index (κ3) is 8.50. The summed E-state index contributed by atoms with van der Waals surface area (Å²) in [5, 5.41) is 0. The Bertz CT molecular complexity index is 949. The van der Waals surface area contributed by atoms with Crippen molar-refractivity contribution in [1.82, 2.24) is 0 Å². The summed E-state index contributed by atoms with van der Waals surface area (Å²) in [6.45, 7) is 13.8. The maximum absolute atomic E-state index is 12.2. The first-order valence-electron chi connectivity index (χ1n) is 16.9. The molecule has 42 heavy (non-hydrogen) atoms. The van der Waals surface area contributed by atoms with E-state index in [1.807, 2.05) is 21.1 Å². The van der Waals surface area contributed by atoms with Gasteiger partial charge in [0.25, 0.3) is 0 Å². The second kappa shape index (κ2) is 14.4. The molecule has 3 fully saturated rings. The van der Waals surface area contributed by atoms with Gasteiger partial charge in [-0.25, -0.2) is 4.57 Å². The van der Waals surface area contributed by atoms with Crippen molar-refractivity contribution in [2.75, 3.05) is 47.5 Å². The highest BCUT2D eigenvalue weighted by Gasteiger charge is 2.59. The fraction of sp³-hybridized carbons (Fsp3) is 0.941. The number of allylic oxidation sites excluding steroid dienone is 1. The molecule has 0 amide bonds. The minimum Gasteiger partial charge on any atom is -0.870 e. The van der Waals surface area contributed by atoms with Crippen LogP contribution in [0.1, 0.15) is 105 Å². The van der Waals surface area contributed by atoms with Crippen LogP contribution in [0.5, 0.6) is 0 Å². The monoisotopic (exact) mass is 613 g/mol. The standard InChI is InChI=1S/C34H62NO5P.H2O/c1-25(2)10-9-11-26(3)30-14-15-31-29-13-12-27-24-28(16-18-33(27,4)32(29)17-19-34(30,31)5)38-22-23-40-41(36,37)39-21-20-35(6,7)8;/h12,25-26,28-32H,9-11,13-24H2,1-8H3;1H2/t26-,28+,29?,30-,31?,32?,33+,34-;/m1./s1. The average molecular weight is 614 g/mol. The second-order valence-electron chi connectivity index (χ2n) is 16.2. The van der Waals surface area contributed by atoms with Crippen LogP contribution in [0.25, 0.3) is 0 Å². The first-order valence-corrected chi connectivity index (χ1v) is 18.4. The van der Waals surface area contributed by atoms with Gasteiger partial charge < -0.3 is 19.6 Å². The van der Waals surface area contributed by atoms with Gasteiger partial charge >= 0.3 is 7.82 Å². The van der Waals surface area contributed by atoms with E-state index in [0.717, 1.165) is 48.3 Å². The number of quaternary nitrogens is 1. The number of fused-ring (bicyclic) bond motifs is 5. The molecule has 4 aliphatic rings. The number of likely N-dealkylation sites (N-methyl/N-ethyl adjacent to an activating group) is 1. The molecule has 0 bridgehead atoms. The lowest BCUT2D eigenvalue weighted by Crippen LogP contribution is -2.51. The Labute approximate surface area is 257 Å². The Hall–Kier alpha value is -0.270. The molecule has 9 atom stereocenters. The predicted molar refractivity (Wildman–Crippen MR) is 169 cm³/mol. The van der Waals surface area contributed by atoms with Gasteiger partial charge in [0.15, 0.2) is 0 Å². The first-order chi connectivity index (χ1) is 19.1. The van der Waals surface area contributed by atoms with Crippen molar-refractivity contribution >= 4 is 7.82 Å². The zero-order valence-corrected chi connectivity index (χ0v) is 29.0. The highest BCUT2D eigenvalue weighted by molar-refractivity contribution is 7.47. The van der Waals surface area contributed by atoms with Gasteiger partial charge in [-0.2, -0.15) is 0 Å². The molecule has 2 N–H and O–H groups in total. The van der Waals surface area contributed by atoms with Crippen LogP contribution in [0, 0.1) is 46.3 Å². The van der Waals surface area contributed by atoms with Crippen LogP contribution in [0.15, 0.2) is 11.6 Å². The van der Waals surface area contributed by atoms with Crippen molar-refractivity contribution < 1.29 is 33.2 Å². The molecule has 4 aliphatic carbocycles. The topological polar surface area (TPSA) is 95.0 Å². The van der Waals surface area contributed by atoms with E-state index in [1.165, 1.54) is 57.8 Å². The Morgan fingerprint density at radius 2 is 1.69 bits per heavy atom. The summed E-state index contributed by atoms with van der Waals surface area (Å²) in [6.07, 6.45) is 17.1. The molecule has 0 spiro atoms. The molecule has 0 aliphatic heterocycles. The van der Waals surface area contributed by atoms with Crippen molar-refractivity contribution in [3.05, 3.63) is 11.6 Å². The predicted octanol–water partition coefficient (Wildman–Crippen LogP) is 8.08. The van der Waals surface area contributed by atoms with Gasteiger partial charge in [-0.05, 0) is 97.7 Å². The van der Waals surface area contributed by atoms with Crippen molar-refractivity contribution in [2.24, 2.45) is 46.3 Å². The van der Waals surface area contributed by atoms with Crippen LogP contribution >= 0.6 is 7.82 Å². The largest absolute Gasteiger partial charge is 0.870 e. The number of nitrogens with zero attached hydrogens (tertiary/aromatic N) is 1. The molecule has 0 radical (unpaired) electrons. The van der Waals surface area contributed by atoms with Gasteiger partial charge in [-0.15, -0.1) is 0 Å². The molecule has 4 unspecified atom stereocenters. The van der Waals surface area contributed by atoms with Crippen LogP contribution in [0.3, 0.4) is 0 Å². The van der Waals surface area contributed by atoms with Crippen LogP contribution in [-0.4, -0.2) is 68.5 Å². The summed E-state index contributed by atoms with van der Waals surface area (Å²) >= 11 is 0. The number of hydrogen-bond acceptors (Lipinski definition) is 5. The lowest BCUT2D eigenvalue weighted by atomic mass is 9.47. The van der Waals surface area contributed by atoms with Crippen LogP contribution in [0.4, 0.5) is 0 Å². The first kappa shape index (κ1) is 36.2. The number of phosphoric acid groups is 1. The van der Waals surface area contributed by atoms with Gasteiger partial charge in [0.2, 0.25) is 0 Å². The average Bonchev–Trinajstić information content (AvgIpc) is 3.23. The SMILES string of the molecule is CC(C)CCC[C@@H](C)[C@H]1CCC2C3CC=C4C[C@@H](OCCOP(=O)(O)OCC[N+](C)(C)C)CC[C@]4(C)C3CC[C@@]21C.[OH-]. The van der Waals surface area contributed by atoms with E-state index in [2.05, 4.69) is 40.7 Å². The van der Waals surface area contributed by atoms with Crippen LogP contribution < -0.4 is 0 Å². The van der Waals surface area contributed by atoms with E-state index in [-0.39, 0.29) is 24.8 Å². The quantitative estimate of drug-likeness (QED) is 0.0921. The maximum atomic E-state index is 12.2. The molecule has 0 heterocycles. The van der Waals surface area contributed by atoms with E-state index in [9.17, 15) is 9.46 Å². The number of hydrogen-bond donors (Lipinski definition) is 1. The van der Waals surface area contributed by atoms with E-state index >= 15 is 0 Å². The molecule has 246 valence electrons. The van der Waals surface area contributed by atoms with Crippen molar-refractivity contribution in [3.8, 4) is 0 Å². The molecule has 0 aromatic rings. The maximum Gasteiger partial charge on any atom is 0.472 e. The van der Waals surface area contributed by atoms with Gasteiger partial charge in [0.05, 0.1) is 40.5 Å². The smallest absolute Gasteiger partial charge is 0.472 e.